The van der Waals surface area contributed by atoms with Crippen LogP contribution in [0.1, 0.15) is 43.7 Å². The lowest BCUT2D eigenvalue weighted by atomic mass is 10.0. The highest BCUT2D eigenvalue weighted by molar-refractivity contribution is 5.77. The molecule has 1 saturated heterocycles. The number of hydrogen-bond acceptors (Lipinski definition) is 3. The number of rotatable bonds is 7. The van der Waals surface area contributed by atoms with Gasteiger partial charge in [0.05, 0.1) is 0 Å². The highest BCUT2D eigenvalue weighted by Gasteiger charge is 2.20. The molecule has 1 aliphatic rings. The Morgan fingerprint density at radius 1 is 1.07 bits per heavy atom. The molecule has 1 fully saturated rings. The number of piperidine rings is 1. The Morgan fingerprint density at radius 2 is 1.74 bits per heavy atom. The zero-order chi connectivity index (χ0) is 19.1. The smallest absolute Gasteiger partial charge is 0.258 e. The van der Waals surface area contributed by atoms with Crippen LogP contribution in [-0.4, -0.2) is 36.5 Å². The van der Waals surface area contributed by atoms with E-state index in [0.29, 0.717) is 5.92 Å². The lowest BCUT2D eigenvalue weighted by molar-refractivity contribution is -0.124. The van der Waals surface area contributed by atoms with Gasteiger partial charge in [0.2, 0.25) is 0 Å². The molecular formula is C23H30N2O2. The van der Waals surface area contributed by atoms with Crippen molar-refractivity contribution in [2.75, 3.05) is 19.7 Å². The molecule has 0 bridgehead atoms. The number of carbonyl (C=O) groups excluding carboxylic acids is 1. The van der Waals surface area contributed by atoms with Gasteiger partial charge in [-0.15, -0.1) is 0 Å². The molecule has 144 valence electrons. The van der Waals surface area contributed by atoms with Crippen LogP contribution in [0.25, 0.3) is 0 Å². The van der Waals surface area contributed by atoms with Crippen LogP contribution < -0.4 is 10.1 Å². The summed E-state index contributed by atoms with van der Waals surface area (Å²) in [7, 11) is 0. The molecule has 0 atom stereocenters. The Balaban J connectivity index is 1.36. The molecule has 1 heterocycles. The molecule has 3 rings (SSSR count). The fourth-order valence-corrected chi connectivity index (χ4v) is 3.44. The van der Waals surface area contributed by atoms with Crippen LogP contribution in [0.4, 0.5) is 0 Å². The third-order valence-electron chi connectivity index (χ3n) is 5.12. The molecule has 0 spiro atoms. The second kappa shape index (κ2) is 9.56. The predicted molar refractivity (Wildman–Crippen MR) is 109 cm³/mol. The number of ether oxygens (including phenoxy) is 1. The van der Waals surface area contributed by atoms with Gasteiger partial charge >= 0.3 is 0 Å². The summed E-state index contributed by atoms with van der Waals surface area (Å²) >= 11 is 0. The van der Waals surface area contributed by atoms with E-state index in [1.165, 1.54) is 11.1 Å². The van der Waals surface area contributed by atoms with Crippen molar-refractivity contribution in [3.05, 3.63) is 65.7 Å². The topological polar surface area (TPSA) is 41.6 Å². The number of benzene rings is 2. The van der Waals surface area contributed by atoms with Crippen LogP contribution in [0.5, 0.6) is 5.75 Å². The zero-order valence-electron chi connectivity index (χ0n) is 16.4. The van der Waals surface area contributed by atoms with E-state index in [0.717, 1.165) is 38.2 Å². The van der Waals surface area contributed by atoms with Crippen molar-refractivity contribution in [3.63, 3.8) is 0 Å². The van der Waals surface area contributed by atoms with E-state index in [4.69, 9.17) is 4.74 Å². The van der Waals surface area contributed by atoms with Crippen LogP contribution in [0.3, 0.4) is 0 Å². The fraction of sp³-hybridized carbons (Fsp3) is 0.435. The fourth-order valence-electron chi connectivity index (χ4n) is 3.44. The van der Waals surface area contributed by atoms with Crippen LogP contribution >= 0.6 is 0 Å². The minimum absolute atomic E-state index is 0.0376. The molecule has 0 radical (unpaired) electrons. The second-order valence-electron chi connectivity index (χ2n) is 7.62. The molecule has 1 amide bonds. The summed E-state index contributed by atoms with van der Waals surface area (Å²) in [6.07, 6.45) is 1.98. The SMILES string of the molecule is CC(C)c1ccc(OCC(=O)NC2CCN(Cc3ccccc3)CC2)cc1. The highest BCUT2D eigenvalue weighted by Crippen LogP contribution is 2.18. The summed E-state index contributed by atoms with van der Waals surface area (Å²) in [6, 6.07) is 18.8. The standard InChI is InChI=1S/C23H30N2O2/c1-18(2)20-8-10-22(11-9-20)27-17-23(26)24-21-12-14-25(15-13-21)16-19-6-4-3-5-7-19/h3-11,18,21H,12-17H2,1-2H3,(H,24,26). The maximum absolute atomic E-state index is 12.2. The van der Waals surface area contributed by atoms with E-state index in [9.17, 15) is 4.79 Å². The van der Waals surface area contributed by atoms with Gasteiger partial charge in [-0.05, 0) is 42.0 Å². The Labute approximate surface area is 162 Å². The molecule has 0 aromatic heterocycles. The molecule has 1 N–H and O–H groups in total. The van der Waals surface area contributed by atoms with Gasteiger partial charge in [-0.1, -0.05) is 56.3 Å². The minimum atomic E-state index is -0.0376. The first-order valence-electron chi connectivity index (χ1n) is 9.88. The third kappa shape index (κ3) is 6.10. The lowest BCUT2D eigenvalue weighted by Gasteiger charge is -2.32. The summed E-state index contributed by atoms with van der Waals surface area (Å²) in [5.74, 6) is 1.20. The average Bonchev–Trinajstić information content (AvgIpc) is 2.69. The zero-order valence-corrected chi connectivity index (χ0v) is 16.4. The summed E-state index contributed by atoms with van der Waals surface area (Å²) in [6.45, 7) is 7.40. The number of nitrogens with zero attached hydrogens (tertiary/aromatic N) is 1. The van der Waals surface area contributed by atoms with E-state index in [1.807, 2.05) is 18.2 Å². The quantitative estimate of drug-likeness (QED) is 0.806. The van der Waals surface area contributed by atoms with Gasteiger partial charge in [0, 0.05) is 25.7 Å². The molecular weight excluding hydrogens is 336 g/mol. The number of nitrogens with one attached hydrogen (secondary N) is 1. The minimum Gasteiger partial charge on any atom is -0.484 e. The third-order valence-corrected chi connectivity index (χ3v) is 5.12. The van der Waals surface area contributed by atoms with E-state index in [1.54, 1.807) is 0 Å². The van der Waals surface area contributed by atoms with Gasteiger partial charge < -0.3 is 10.1 Å². The molecule has 2 aromatic carbocycles. The molecule has 0 unspecified atom stereocenters. The lowest BCUT2D eigenvalue weighted by Crippen LogP contribution is -2.45. The first-order chi connectivity index (χ1) is 13.1. The molecule has 1 aliphatic heterocycles. The van der Waals surface area contributed by atoms with Gasteiger partial charge in [0.25, 0.3) is 5.91 Å². The predicted octanol–water partition coefficient (Wildman–Crippen LogP) is 3.97. The first kappa shape index (κ1) is 19.4. The van der Waals surface area contributed by atoms with E-state index < -0.39 is 0 Å². The van der Waals surface area contributed by atoms with Crippen molar-refractivity contribution < 1.29 is 9.53 Å². The molecule has 4 nitrogen and oxygen atoms in total. The van der Waals surface area contributed by atoms with Gasteiger partial charge in [-0.3, -0.25) is 9.69 Å². The van der Waals surface area contributed by atoms with Crippen molar-refractivity contribution in [2.45, 2.75) is 45.2 Å². The van der Waals surface area contributed by atoms with Gasteiger partial charge in [-0.2, -0.15) is 0 Å². The van der Waals surface area contributed by atoms with Crippen molar-refractivity contribution in [1.29, 1.82) is 0 Å². The number of hydrogen-bond donors (Lipinski definition) is 1. The van der Waals surface area contributed by atoms with Crippen molar-refractivity contribution in [1.82, 2.24) is 10.2 Å². The highest BCUT2D eigenvalue weighted by atomic mass is 16.5. The van der Waals surface area contributed by atoms with E-state index >= 15 is 0 Å². The Hall–Kier alpha value is -2.33. The monoisotopic (exact) mass is 366 g/mol. The Bertz CT molecular complexity index is 705. The maximum Gasteiger partial charge on any atom is 0.258 e. The largest absolute Gasteiger partial charge is 0.484 e. The summed E-state index contributed by atoms with van der Waals surface area (Å²) in [5.41, 5.74) is 2.62. The second-order valence-corrected chi connectivity index (χ2v) is 7.62. The van der Waals surface area contributed by atoms with Crippen LogP contribution in [-0.2, 0) is 11.3 Å². The van der Waals surface area contributed by atoms with Crippen molar-refractivity contribution in [3.8, 4) is 5.75 Å². The van der Waals surface area contributed by atoms with Crippen LogP contribution in [0.15, 0.2) is 54.6 Å². The molecule has 0 aliphatic carbocycles. The summed E-state index contributed by atoms with van der Waals surface area (Å²) in [4.78, 5) is 14.6. The molecule has 0 saturated carbocycles. The molecule has 2 aromatic rings. The summed E-state index contributed by atoms with van der Waals surface area (Å²) < 4.78 is 5.62. The maximum atomic E-state index is 12.2. The normalized spacial score (nSPS) is 15.7. The summed E-state index contributed by atoms with van der Waals surface area (Å²) in [5, 5.41) is 3.11. The number of likely N-dealkylation sites (tertiary alicyclic amines) is 1. The Kier molecular flexibility index (Phi) is 6.88. The number of amides is 1. The van der Waals surface area contributed by atoms with Gasteiger partial charge in [-0.25, -0.2) is 0 Å². The van der Waals surface area contributed by atoms with Gasteiger partial charge in [0.1, 0.15) is 5.75 Å². The van der Waals surface area contributed by atoms with Crippen LogP contribution in [0.2, 0.25) is 0 Å². The number of carbonyl (C=O) groups is 1. The molecule has 4 heteroatoms. The van der Waals surface area contributed by atoms with Crippen LogP contribution in [0, 0.1) is 0 Å². The van der Waals surface area contributed by atoms with Crippen molar-refractivity contribution >= 4 is 5.91 Å². The van der Waals surface area contributed by atoms with Gasteiger partial charge in [0.15, 0.2) is 6.61 Å². The average molecular weight is 367 g/mol. The molecule has 27 heavy (non-hydrogen) atoms. The van der Waals surface area contributed by atoms with E-state index in [-0.39, 0.29) is 18.6 Å². The Morgan fingerprint density at radius 3 is 2.37 bits per heavy atom. The van der Waals surface area contributed by atoms with E-state index in [2.05, 4.69) is 60.5 Å². The first-order valence-corrected chi connectivity index (χ1v) is 9.88. The van der Waals surface area contributed by atoms with Crippen molar-refractivity contribution in [2.24, 2.45) is 0 Å².